The third-order valence-corrected chi connectivity index (χ3v) is 4.39. The van der Waals surface area contributed by atoms with Crippen LogP contribution in [0.3, 0.4) is 0 Å². The Morgan fingerprint density at radius 1 is 1.29 bits per heavy atom. The summed E-state index contributed by atoms with van der Waals surface area (Å²) in [5, 5.41) is 1.05. The van der Waals surface area contributed by atoms with E-state index < -0.39 is 0 Å². The summed E-state index contributed by atoms with van der Waals surface area (Å²) in [7, 11) is 0. The van der Waals surface area contributed by atoms with Gasteiger partial charge in [-0.25, -0.2) is 5.43 Å². The monoisotopic (exact) mass is 409 g/mol. The number of nitrogens with zero attached hydrogens (tertiary/aromatic N) is 1. The number of hydrogen-bond acceptors (Lipinski definition) is 4. The number of fused-ring (bicyclic) bond motifs is 1. The summed E-state index contributed by atoms with van der Waals surface area (Å²) in [6.45, 7) is 2.02. The summed E-state index contributed by atoms with van der Waals surface area (Å²) in [6, 6.07) is 9.65. The van der Waals surface area contributed by atoms with Crippen molar-refractivity contribution in [2.24, 2.45) is 5.84 Å². The second-order valence-corrected chi connectivity index (χ2v) is 6.53. The van der Waals surface area contributed by atoms with Gasteiger partial charge in [-0.3, -0.25) is 10.8 Å². The van der Waals surface area contributed by atoms with Crippen LogP contribution in [-0.2, 0) is 0 Å². The molecule has 3 rings (SSSR count). The van der Waals surface area contributed by atoms with Crippen LogP contribution in [0.5, 0.6) is 0 Å². The largest absolute Gasteiger partial charge is 0.459 e. The number of hydrazine groups is 1. The second-order valence-electron chi connectivity index (χ2n) is 4.76. The molecule has 0 saturated carbocycles. The van der Waals surface area contributed by atoms with E-state index in [1.165, 1.54) is 0 Å². The third kappa shape index (κ3) is 2.76. The van der Waals surface area contributed by atoms with Gasteiger partial charge in [-0.1, -0.05) is 18.2 Å². The van der Waals surface area contributed by atoms with Gasteiger partial charge in [0.25, 0.3) is 0 Å². The normalized spacial score (nSPS) is 12.8. The molecule has 3 aromatic rings. The van der Waals surface area contributed by atoms with Crippen LogP contribution in [0, 0.1) is 6.92 Å². The molecule has 1 unspecified atom stereocenters. The number of nitrogens with one attached hydrogen (secondary N) is 1. The van der Waals surface area contributed by atoms with Crippen LogP contribution in [0.1, 0.15) is 23.1 Å². The van der Waals surface area contributed by atoms with Crippen molar-refractivity contribution in [3.8, 4) is 0 Å². The fourth-order valence-corrected chi connectivity index (χ4v) is 3.52. The summed E-state index contributed by atoms with van der Waals surface area (Å²) in [6.07, 6.45) is 1.73. The van der Waals surface area contributed by atoms with Crippen LogP contribution >= 0.6 is 31.9 Å². The summed E-state index contributed by atoms with van der Waals surface area (Å²) in [5.41, 5.74) is 5.52. The average molecular weight is 411 g/mol. The quantitative estimate of drug-likeness (QED) is 0.501. The van der Waals surface area contributed by atoms with Crippen molar-refractivity contribution in [3.05, 3.63) is 62.5 Å². The molecule has 3 N–H and O–H groups in total. The number of aromatic nitrogens is 1. The molecule has 0 aliphatic heterocycles. The SMILES string of the molecule is Cc1cccc2cc(C(NN)c3ncc(Br)cc3Br)oc12. The minimum atomic E-state index is -0.320. The number of pyridine rings is 1. The van der Waals surface area contributed by atoms with Crippen molar-refractivity contribution in [1.29, 1.82) is 0 Å². The number of nitrogens with two attached hydrogens (primary N) is 1. The third-order valence-electron chi connectivity index (χ3n) is 3.32. The Kier molecular flexibility index (Phi) is 4.12. The minimum absolute atomic E-state index is 0.320. The van der Waals surface area contributed by atoms with Crippen LogP contribution < -0.4 is 11.3 Å². The number of aryl methyl sites for hydroxylation is 1. The highest BCUT2D eigenvalue weighted by Gasteiger charge is 2.21. The molecule has 0 bridgehead atoms. The Labute approximate surface area is 139 Å². The molecular formula is C15H13Br2N3O. The van der Waals surface area contributed by atoms with Gasteiger partial charge in [0.2, 0.25) is 0 Å². The molecule has 0 radical (unpaired) electrons. The zero-order valence-electron chi connectivity index (χ0n) is 11.2. The van der Waals surface area contributed by atoms with Gasteiger partial charge >= 0.3 is 0 Å². The smallest absolute Gasteiger partial charge is 0.137 e. The van der Waals surface area contributed by atoms with E-state index in [0.29, 0.717) is 0 Å². The number of furan rings is 1. The highest BCUT2D eigenvalue weighted by molar-refractivity contribution is 9.11. The first-order valence-corrected chi connectivity index (χ1v) is 7.95. The summed E-state index contributed by atoms with van der Waals surface area (Å²) < 4.78 is 7.73. The highest BCUT2D eigenvalue weighted by atomic mass is 79.9. The molecule has 21 heavy (non-hydrogen) atoms. The van der Waals surface area contributed by atoms with Gasteiger partial charge in [0.05, 0.1) is 5.69 Å². The maximum Gasteiger partial charge on any atom is 0.137 e. The van der Waals surface area contributed by atoms with Crippen molar-refractivity contribution in [3.63, 3.8) is 0 Å². The van der Waals surface area contributed by atoms with E-state index in [1.807, 2.05) is 37.3 Å². The molecular weight excluding hydrogens is 398 g/mol. The average Bonchev–Trinajstić information content (AvgIpc) is 2.87. The fraction of sp³-hybridized carbons (Fsp3) is 0.133. The Morgan fingerprint density at radius 3 is 2.76 bits per heavy atom. The summed E-state index contributed by atoms with van der Waals surface area (Å²) in [4.78, 5) is 4.42. The van der Waals surface area contributed by atoms with E-state index in [1.54, 1.807) is 6.20 Å². The lowest BCUT2D eigenvalue weighted by atomic mass is 10.1. The molecule has 0 amide bonds. The highest BCUT2D eigenvalue weighted by Crippen LogP contribution is 2.32. The molecule has 0 fully saturated rings. The van der Waals surface area contributed by atoms with Crippen LogP contribution in [-0.4, -0.2) is 4.98 Å². The Hall–Kier alpha value is -1.21. The number of rotatable bonds is 3. The molecule has 2 heterocycles. The number of halogens is 2. The first-order chi connectivity index (χ1) is 10.1. The molecule has 0 aliphatic rings. The second kappa shape index (κ2) is 5.88. The van der Waals surface area contributed by atoms with E-state index in [0.717, 1.165) is 36.9 Å². The van der Waals surface area contributed by atoms with Crippen LogP contribution in [0.15, 0.2) is 49.9 Å². The van der Waals surface area contributed by atoms with Crippen LogP contribution in [0.2, 0.25) is 0 Å². The molecule has 0 saturated heterocycles. The number of para-hydroxylation sites is 1. The van der Waals surface area contributed by atoms with Crippen molar-refractivity contribution in [2.45, 2.75) is 13.0 Å². The lowest BCUT2D eigenvalue weighted by molar-refractivity contribution is 0.469. The van der Waals surface area contributed by atoms with Gasteiger partial charge in [-0.05, 0) is 56.5 Å². The van der Waals surface area contributed by atoms with Gasteiger partial charge in [0.15, 0.2) is 0 Å². The van der Waals surface area contributed by atoms with Gasteiger partial charge in [-0.2, -0.15) is 0 Å². The molecule has 4 nitrogen and oxygen atoms in total. The van der Waals surface area contributed by atoms with Gasteiger partial charge in [0.1, 0.15) is 17.4 Å². The predicted octanol–water partition coefficient (Wildman–Crippen LogP) is 4.21. The zero-order chi connectivity index (χ0) is 15.0. The molecule has 2 aromatic heterocycles. The molecule has 0 aliphatic carbocycles. The molecule has 1 atom stereocenters. The van der Waals surface area contributed by atoms with E-state index >= 15 is 0 Å². The first kappa shape index (κ1) is 14.7. The molecule has 108 valence electrons. The minimum Gasteiger partial charge on any atom is -0.459 e. The van der Waals surface area contributed by atoms with E-state index in [2.05, 4.69) is 42.3 Å². The zero-order valence-corrected chi connectivity index (χ0v) is 14.4. The van der Waals surface area contributed by atoms with E-state index in [-0.39, 0.29) is 6.04 Å². The van der Waals surface area contributed by atoms with Crippen LogP contribution in [0.25, 0.3) is 11.0 Å². The fourth-order valence-electron chi connectivity index (χ4n) is 2.30. The standard InChI is InChI=1S/C15H13Br2N3O/c1-8-3-2-4-9-5-12(21-15(8)9)14(20-18)13-11(17)6-10(16)7-19-13/h2-7,14,20H,18H2,1H3. The lowest BCUT2D eigenvalue weighted by Gasteiger charge is -2.14. The van der Waals surface area contributed by atoms with Crippen molar-refractivity contribution in [2.75, 3.05) is 0 Å². The van der Waals surface area contributed by atoms with Gasteiger partial charge in [0, 0.05) is 20.5 Å². The van der Waals surface area contributed by atoms with E-state index in [4.69, 9.17) is 10.3 Å². The van der Waals surface area contributed by atoms with Crippen molar-refractivity contribution in [1.82, 2.24) is 10.4 Å². The maximum absolute atomic E-state index is 5.98. The van der Waals surface area contributed by atoms with Crippen molar-refractivity contribution < 1.29 is 4.42 Å². The Balaban J connectivity index is 2.11. The topological polar surface area (TPSA) is 64.1 Å². The number of benzene rings is 1. The van der Waals surface area contributed by atoms with E-state index in [9.17, 15) is 0 Å². The van der Waals surface area contributed by atoms with Gasteiger partial charge in [-0.15, -0.1) is 0 Å². The maximum atomic E-state index is 5.98. The summed E-state index contributed by atoms with van der Waals surface area (Å²) >= 11 is 6.91. The Morgan fingerprint density at radius 2 is 2.10 bits per heavy atom. The predicted molar refractivity (Wildman–Crippen MR) is 89.8 cm³/mol. The lowest BCUT2D eigenvalue weighted by Crippen LogP contribution is -2.29. The van der Waals surface area contributed by atoms with Gasteiger partial charge < -0.3 is 4.42 Å². The first-order valence-electron chi connectivity index (χ1n) is 6.36. The van der Waals surface area contributed by atoms with Crippen molar-refractivity contribution >= 4 is 42.8 Å². The van der Waals surface area contributed by atoms with Crippen LogP contribution in [0.4, 0.5) is 0 Å². The molecule has 1 aromatic carbocycles. The summed E-state index contributed by atoms with van der Waals surface area (Å²) in [5.74, 6) is 6.45. The molecule has 0 spiro atoms. The Bertz CT molecular complexity index is 801. The number of hydrogen-bond donors (Lipinski definition) is 2. The molecule has 6 heteroatoms.